The lowest BCUT2D eigenvalue weighted by molar-refractivity contribution is -0.160. The molecule has 8 heteroatoms. The van der Waals surface area contributed by atoms with Crippen molar-refractivity contribution < 1.29 is 14.9 Å². The van der Waals surface area contributed by atoms with Crippen molar-refractivity contribution in [2.45, 2.75) is 48.8 Å². The molecule has 26 heavy (non-hydrogen) atoms. The van der Waals surface area contributed by atoms with Crippen LogP contribution in [0.1, 0.15) is 30.4 Å². The van der Waals surface area contributed by atoms with Crippen LogP contribution in [0.3, 0.4) is 0 Å². The summed E-state index contributed by atoms with van der Waals surface area (Å²) < 4.78 is 6.27. The minimum Gasteiger partial charge on any atom is -0.504 e. The van der Waals surface area contributed by atoms with E-state index < -0.39 is 17.1 Å². The Balaban J connectivity index is 1.75. The van der Waals surface area contributed by atoms with Crippen molar-refractivity contribution in [3.05, 3.63) is 23.3 Å². The van der Waals surface area contributed by atoms with Crippen molar-refractivity contribution in [2.24, 2.45) is 10.8 Å². The van der Waals surface area contributed by atoms with Gasteiger partial charge in [0.05, 0.1) is 16.7 Å². The summed E-state index contributed by atoms with van der Waals surface area (Å²) in [5.74, 6) is 0.618. The molecule has 4 atom stereocenters. The summed E-state index contributed by atoms with van der Waals surface area (Å²) >= 11 is 4.88. The second kappa shape index (κ2) is 5.09. The maximum atomic E-state index is 11.9. The Morgan fingerprint density at radius 1 is 1.46 bits per heavy atom. The molecule has 7 nitrogen and oxygen atoms in total. The highest BCUT2D eigenvalue weighted by Gasteiger charge is 2.72. The van der Waals surface area contributed by atoms with Crippen molar-refractivity contribution in [3.8, 4) is 11.5 Å². The van der Waals surface area contributed by atoms with Crippen LogP contribution >= 0.6 is 12.2 Å². The third-order valence-corrected chi connectivity index (χ3v) is 6.95. The summed E-state index contributed by atoms with van der Waals surface area (Å²) in [4.78, 5) is 2.26. The fourth-order valence-corrected chi connectivity index (χ4v) is 5.84. The number of nitrogens with one attached hydrogen (secondary N) is 1. The minimum atomic E-state index is -0.918. The fraction of sp³-hybridized carbons (Fsp3) is 0.556. The number of piperidine rings is 1. The molecule has 2 bridgehead atoms. The summed E-state index contributed by atoms with van der Waals surface area (Å²) in [7, 11) is 2.07. The first-order valence-electron chi connectivity index (χ1n) is 8.95. The summed E-state index contributed by atoms with van der Waals surface area (Å²) in [6.45, 7) is 0.859. The number of likely N-dealkylation sites (N-methyl/N-ethyl adjacent to an activating group) is 1. The Morgan fingerprint density at radius 2 is 2.27 bits per heavy atom. The average molecular weight is 374 g/mol. The summed E-state index contributed by atoms with van der Waals surface area (Å²) in [6, 6.07) is 3.67. The number of aliphatic hydroxyl groups is 1. The zero-order chi connectivity index (χ0) is 18.3. The smallest absolute Gasteiger partial charge is 0.184 e. The number of hydrazone groups is 1. The van der Waals surface area contributed by atoms with Crippen molar-refractivity contribution in [1.29, 1.82) is 0 Å². The monoisotopic (exact) mass is 374 g/mol. The van der Waals surface area contributed by atoms with E-state index >= 15 is 0 Å². The first-order valence-corrected chi connectivity index (χ1v) is 9.36. The quantitative estimate of drug-likeness (QED) is 0.416. The van der Waals surface area contributed by atoms with Gasteiger partial charge >= 0.3 is 0 Å². The molecule has 0 radical (unpaired) electrons. The predicted octanol–water partition coefficient (Wildman–Crippen LogP) is 0.365. The fourth-order valence-electron chi connectivity index (χ4n) is 5.79. The topological polar surface area (TPSA) is 103 Å². The molecule has 1 spiro atoms. The highest BCUT2D eigenvalue weighted by atomic mass is 32.1. The molecular weight excluding hydrogens is 352 g/mol. The van der Waals surface area contributed by atoms with Crippen LogP contribution in [0.5, 0.6) is 11.5 Å². The Hall–Kier alpha value is -1.90. The molecule has 1 aromatic rings. The van der Waals surface area contributed by atoms with Crippen LogP contribution in [0.4, 0.5) is 0 Å². The van der Waals surface area contributed by atoms with E-state index in [2.05, 4.69) is 22.5 Å². The molecule has 2 fully saturated rings. The summed E-state index contributed by atoms with van der Waals surface area (Å²) in [5.41, 5.74) is 9.59. The Morgan fingerprint density at radius 3 is 3.04 bits per heavy atom. The largest absolute Gasteiger partial charge is 0.504 e. The van der Waals surface area contributed by atoms with Crippen LogP contribution in [0.15, 0.2) is 17.2 Å². The number of phenolic OH excluding ortho intramolecular Hbond substituents is 1. The van der Waals surface area contributed by atoms with Crippen molar-refractivity contribution >= 4 is 23.0 Å². The molecule has 1 aromatic carbocycles. The van der Waals surface area contributed by atoms with Crippen molar-refractivity contribution in [2.75, 3.05) is 13.6 Å². The molecule has 5 rings (SSSR count). The van der Waals surface area contributed by atoms with E-state index in [0.29, 0.717) is 18.6 Å². The number of nitrogens with zero attached hydrogens (tertiary/aromatic N) is 2. The van der Waals surface area contributed by atoms with E-state index in [1.165, 1.54) is 0 Å². The molecule has 138 valence electrons. The maximum absolute atomic E-state index is 11.9. The SMILES string of the molecule is CN1CC[C@]23c4c5ccc(O)c4O[C@H]2C(=NNC(N)=S)CC[C@@]3(O)[C@H]1C5. The van der Waals surface area contributed by atoms with Crippen LogP contribution in [0.25, 0.3) is 0 Å². The van der Waals surface area contributed by atoms with Gasteiger partial charge < -0.3 is 25.6 Å². The second-order valence-corrected chi connectivity index (χ2v) is 8.31. The first kappa shape index (κ1) is 16.3. The zero-order valence-electron chi connectivity index (χ0n) is 14.5. The van der Waals surface area contributed by atoms with Crippen LogP contribution < -0.4 is 15.9 Å². The molecule has 0 unspecified atom stereocenters. The number of rotatable bonds is 1. The molecule has 1 saturated carbocycles. The average Bonchev–Trinajstić information content (AvgIpc) is 2.95. The Bertz CT molecular complexity index is 859. The molecule has 2 heterocycles. The normalized spacial score (nSPS) is 38.6. The van der Waals surface area contributed by atoms with Gasteiger partial charge in [-0.3, -0.25) is 5.43 Å². The predicted molar refractivity (Wildman–Crippen MR) is 100 cm³/mol. The van der Waals surface area contributed by atoms with Gasteiger partial charge in [0.15, 0.2) is 22.7 Å². The number of ether oxygens (including phenoxy) is 1. The maximum Gasteiger partial charge on any atom is 0.184 e. The van der Waals surface area contributed by atoms with E-state index in [1.807, 2.05) is 6.07 Å². The van der Waals surface area contributed by atoms with E-state index in [9.17, 15) is 10.2 Å². The number of nitrogens with two attached hydrogens (primary N) is 1. The van der Waals surface area contributed by atoms with Gasteiger partial charge in [-0.05, 0) is 63.1 Å². The van der Waals surface area contributed by atoms with Crippen LogP contribution in [0, 0.1) is 0 Å². The van der Waals surface area contributed by atoms with E-state index in [4.69, 9.17) is 22.7 Å². The summed E-state index contributed by atoms with van der Waals surface area (Å²) in [5, 5.41) is 26.9. The van der Waals surface area contributed by atoms with Crippen molar-refractivity contribution in [3.63, 3.8) is 0 Å². The minimum absolute atomic E-state index is 0.0236. The van der Waals surface area contributed by atoms with E-state index in [-0.39, 0.29) is 16.9 Å². The van der Waals surface area contributed by atoms with Gasteiger partial charge in [0.25, 0.3) is 0 Å². The number of benzene rings is 1. The second-order valence-electron chi connectivity index (χ2n) is 7.87. The van der Waals surface area contributed by atoms with Crippen molar-refractivity contribution in [1.82, 2.24) is 10.3 Å². The van der Waals surface area contributed by atoms with E-state index in [0.717, 1.165) is 36.2 Å². The molecule has 5 N–H and O–H groups in total. The van der Waals surface area contributed by atoms with Gasteiger partial charge in [0, 0.05) is 11.6 Å². The summed E-state index contributed by atoms with van der Waals surface area (Å²) in [6.07, 6.45) is 2.25. The van der Waals surface area contributed by atoms with Gasteiger partial charge in [-0.1, -0.05) is 6.07 Å². The van der Waals surface area contributed by atoms with Crippen LogP contribution in [-0.4, -0.2) is 57.3 Å². The number of phenols is 1. The highest BCUT2D eigenvalue weighted by molar-refractivity contribution is 7.80. The van der Waals surface area contributed by atoms with Crippen LogP contribution in [-0.2, 0) is 11.8 Å². The first-order chi connectivity index (χ1) is 12.4. The lowest BCUT2D eigenvalue weighted by Gasteiger charge is -2.62. The van der Waals surface area contributed by atoms with Gasteiger partial charge in [-0.15, -0.1) is 0 Å². The number of aromatic hydroxyl groups is 1. The number of hydrogen-bond acceptors (Lipinski definition) is 6. The molecule has 1 saturated heterocycles. The lowest BCUT2D eigenvalue weighted by Crippen LogP contribution is -2.76. The van der Waals surface area contributed by atoms with Gasteiger partial charge in [-0.25, -0.2) is 0 Å². The third kappa shape index (κ3) is 1.74. The van der Waals surface area contributed by atoms with E-state index in [1.54, 1.807) is 6.07 Å². The third-order valence-electron chi connectivity index (χ3n) is 6.86. The van der Waals surface area contributed by atoms with Gasteiger partial charge in [0.2, 0.25) is 0 Å². The number of hydrogen-bond donors (Lipinski definition) is 4. The molecule has 0 aromatic heterocycles. The van der Waals surface area contributed by atoms with Crippen LogP contribution in [0.2, 0.25) is 0 Å². The molecule has 2 aliphatic heterocycles. The van der Waals surface area contributed by atoms with Gasteiger partial charge in [0.1, 0.15) is 0 Å². The molecular formula is C18H22N4O3S. The Labute approximate surface area is 156 Å². The van der Waals surface area contributed by atoms with Gasteiger partial charge in [-0.2, -0.15) is 5.10 Å². The molecule has 2 aliphatic carbocycles. The zero-order valence-corrected chi connectivity index (χ0v) is 15.3. The highest BCUT2D eigenvalue weighted by Crippen LogP contribution is 2.64. The Kier molecular flexibility index (Phi) is 3.19. The number of likely N-dealkylation sites (tertiary alicyclic amines) is 1. The molecule has 0 amide bonds. The number of thiocarbonyl (C=S) groups is 1. The lowest BCUT2D eigenvalue weighted by atomic mass is 9.49. The standard InChI is InChI=1S/C18H22N4O3S/c1-22-7-6-17-13-9-2-3-11(23)14(13)25-15(17)10(20-21-16(19)26)4-5-18(17,24)12(22)8-9/h2-3,12,15,23-24H,4-8H2,1H3,(H3,19,21,26)/t12-,15+,17+,18-/m1/s1. The molecule has 4 aliphatic rings.